The molecule has 0 bridgehead atoms. The zero-order valence-electron chi connectivity index (χ0n) is 11.3. The lowest BCUT2D eigenvalue weighted by Crippen LogP contribution is -2.44. The van der Waals surface area contributed by atoms with Crippen molar-refractivity contribution in [3.8, 4) is 0 Å². The first-order valence-electron chi connectivity index (χ1n) is 5.93. The Morgan fingerprint density at radius 3 is 2.62 bits per heavy atom. The van der Waals surface area contributed by atoms with Gasteiger partial charge in [0.25, 0.3) is 5.69 Å². The molecule has 0 saturated heterocycles. The maximum atomic E-state index is 12.1. The van der Waals surface area contributed by atoms with Crippen molar-refractivity contribution in [1.29, 1.82) is 0 Å². The third-order valence-corrected chi connectivity index (χ3v) is 4.51. The van der Waals surface area contributed by atoms with E-state index in [4.69, 9.17) is 11.6 Å². The maximum absolute atomic E-state index is 12.1. The number of amides is 1. The van der Waals surface area contributed by atoms with E-state index in [1.54, 1.807) is 6.92 Å². The molecule has 0 aliphatic carbocycles. The fraction of sp³-hybridized carbons (Fsp3) is 0.364. The highest BCUT2D eigenvalue weighted by molar-refractivity contribution is 7.89. The number of hydrogen-bond donors (Lipinski definition) is 2. The van der Waals surface area contributed by atoms with E-state index < -0.39 is 37.5 Å². The third kappa shape index (κ3) is 4.38. The number of carbonyl (C=O) groups is 1. The number of sulfonamides is 1. The Labute approximate surface area is 126 Å². The Morgan fingerprint density at radius 2 is 2.10 bits per heavy atom. The first-order valence-corrected chi connectivity index (χ1v) is 7.79. The Kier molecular flexibility index (Phi) is 5.64. The minimum Gasteiger partial charge on any atom is -0.355 e. The van der Waals surface area contributed by atoms with Crippen molar-refractivity contribution >= 4 is 33.2 Å². The number of rotatable bonds is 6. The van der Waals surface area contributed by atoms with E-state index >= 15 is 0 Å². The van der Waals surface area contributed by atoms with E-state index in [1.165, 1.54) is 6.92 Å². The lowest BCUT2D eigenvalue weighted by atomic mass is 10.3. The number of hydrogen-bond acceptors (Lipinski definition) is 5. The normalized spacial score (nSPS) is 12.7. The quantitative estimate of drug-likeness (QED) is 0.595. The third-order valence-electron chi connectivity index (χ3n) is 2.49. The summed E-state index contributed by atoms with van der Waals surface area (Å²) in [5, 5.41) is 13.0. The van der Waals surface area contributed by atoms with Crippen LogP contribution in [0.3, 0.4) is 0 Å². The van der Waals surface area contributed by atoms with Gasteiger partial charge in [0.2, 0.25) is 15.9 Å². The van der Waals surface area contributed by atoms with Gasteiger partial charge in [-0.05, 0) is 19.9 Å². The summed E-state index contributed by atoms with van der Waals surface area (Å²) < 4.78 is 26.4. The lowest BCUT2D eigenvalue weighted by Gasteiger charge is -2.14. The van der Waals surface area contributed by atoms with Gasteiger partial charge in [-0.25, -0.2) is 8.42 Å². The molecule has 0 aromatic heterocycles. The van der Waals surface area contributed by atoms with Crippen molar-refractivity contribution in [2.45, 2.75) is 24.8 Å². The van der Waals surface area contributed by atoms with Crippen molar-refractivity contribution in [2.75, 3.05) is 6.54 Å². The Balaban J connectivity index is 3.11. The second kappa shape index (κ2) is 6.83. The standard InChI is InChI=1S/C11H14ClN3O5S/c1-3-13-11(16)7(2)14-21(19,20)10-6-8(15(17)18)4-5-9(10)12/h4-7,14H,3H2,1-2H3,(H,13,16)/t7-/m1/s1. The van der Waals surface area contributed by atoms with Crippen LogP contribution in [0.4, 0.5) is 5.69 Å². The van der Waals surface area contributed by atoms with Gasteiger partial charge in [-0.2, -0.15) is 4.72 Å². The van der Waals surface area contributed by atoms with Gasteiger partial charge in [-0.15, -0.1) is 0 Å². The van der Waals surface area contributed by atoms with E-state index in [0.29, 0.717) is 6.54 Å². The topological polar surface area (TPSA) is 118 Å². The van der Waals surface area contributed by atoms with Crippen LogP contribution in [0.2, 0.25) is 5.02 Å². The predicted octanol–water partition coefficient (Wildman–Crippen LogP) is 1.05. The zero-order valence-corrected chi connectivity index (χ0v) is 12.9. The smallest absolute Gasteiger partial charge is 0.270 e. The number of halogens is 1. The van der Waals surface area contributed by atoms with Crippen LogP contribution < -0.4 is 10.0 Å². The molecule has 0 aliphatic heterocycles. The number of nitrogens with one attached hydrogen (secondary N) is 2. The number of nitro benzene ring substituents is 1. The minimum absolute atomic E-state index is 0.170. The van der Waals surface area contributed by atoms with Crippen LogP contribution in [0.1, 0.15) is 13.8 Å². The van der Waals surface area contributed by atoms with Gasteiger partial charge < -0.3 is 5.32 Å². The monoisotopic (exact) mass is 335 g/mol. The molecule has 0 radical (unpaired) electrons. The Hall–Kier alpha value is -1.71. The summed E-state index contributed by atoms with van der Waals surface area (Å²) in [5.74, 6) is -0.511. The van der Waals surface area contributed by atoms with Crippen LogP contribution in [-0.4, -0.2) is 31.8 Å². The molecule has 0 saturated carbocycles. The maximum Gasteiger partial charge on any atom is 0.270 e. The molecule has 8 nitrogen and oxygen atoms in total. The Morgan fingerprint density at radius 1 is 1.48 bits per heavy atom. The van der Waals surface area contributed by atoms with E-state index in [1.807, 2.05) is 0 Å². The molecule has 0 heterocycles. The second-order valence-corrected chi connectivity index (χ2v) is 6.20. The molecule has 0 unspecified atom stereocenters. The number of nitrogens with zero attached hydrogens (tertiary/aromatic N) is 1. The zero-order chi connectivity index (χ0) is 16.2. The molecule has 1 aromatic carbocycles. The van der Waals surface area contributed by atoms with E-state index in [-0.39, 0.29) is 5.02 Å². The lowest BCUT2D eigenvalue weighted by molar-refractivity contribution is -0.385. The predicted molar refractivity (Wildman–Crippen MR) is 76.6 cm³/mol. The van der Waals surface area contributed by atoms with Gasteiger partial charge in [0.1, 0.15) is 4.90 Å². The molecule has 1 rings (SSSR count). The molecule has 116 valence electrons. The van der Waals surface area contributed by atoms with E-state index in [2.05, 4.69) is 10.0 Å². The number of non-ortho nitro benzene ring substituents is 1. The molecule has 0 aliphatic rings. The summed E-state index contributed by atoms with van der Waals surface area (Å²) in [5.41, 5.74) is -0.412. The molecule has 21 heavy (non-hydrogen) atoms. The van der Waals surface area contributed by atoms with Gasteiger partial charge >= 0.3 is 0 Å². The summed E-state index contributed by atoms with van der Waals surface area (Å²) in [6, 6.07) is 2.01. The Bertz CT molecular complexity index is 662. The first kappa shape index (κ1) is 17.3. The summed E-state index contributed by atoms with van der Waals surface area (Å²) in [7, 11) is -4.16. The van der Waals surface area contributed by atoms with Crippen molar-refractivity contribution in [3.63, 3.8) is 0 Å². The average Bonchev–Trinajstić information content (AvgIpc) is 2.38. The number of carbonyl (C=O) groups excluding carboxylic acids is 1. The van der Waals surface area contributed by atoms with Crippen LogP contribution >= 0.6 is 11.6 Å². The number of benzene rings is 1. The summed E-state index contributed by atoms with van der Waals surface area (Å²) in [6.45, 7) is 3.40. The molecule has 0 spiro atoms. The average molecular weight is 336 g/mol. The highest BCUT2D eigenvalue weighted by Gasteiger charge is 2.25. The molecular weight excluding hydrogens is 322 g/mol. The molecule has 1 amide bonds. The van der Waals surface area contributed by atoms with Gasteiger partial charge in [0.15, 0.2) is 0 Å². The molecular formula is C11H14ClN3O5S. The molecule has 2 N–H and O–H groups in total. The van der Waals surface area contributed by atoms with Crippen LogP contribution in [0.25, 0.3) is 0 Å². The first-order chi connectivity index (χ1) is 9.69. The largest absolute Gasteiger partial charge is 0.355 e. The van der Waals surface area contributed by atoms with E-state index in [0.717, 1.165) is 18.2 Å². The van der Waals surface area contributed by atoms with Crippen LogP contribution in [0, 0.1) is 10.1 Å². The van der Waals surface area contributed by atoms with Gasteiger partial charge in [-0.3, -0.25) is 14.9 Å². The minimum atomic E-state index is -4.16. The van der Waals surface area contributed by atoms with Crippen LogP contribution in [-0.2, 0) is 14.8 Å². The highest BCUT2D eigenvalue weighted by Crippen LogP contribution is 2.26. The van der Waals surface area contributed by atoms with Crippen LogP contribution in [0.5, 0.6) is 0 Å². The van der Waals surface area contributed by atoms with Gasteiger partial charge in [0.05, 0.1) is 16.0 Å². The van der Waals surface area contributed by atoms with Gasteiger partial charge in [-0.1, -0.05) is 11.6 Å². The molecule has 1 aromatic rings. The summed E-state index contributed by atoms with van der Waals surface area (Å²) in [4.78, 5) is 21.0. The van der Waals surface area contributed by atoms with Crippen molar-refractivity contribution in [1.82, 2.24) is 10.0 Å². The molecule has 10 heteroatoms. The highest BCUT2D eigenvalue weighted by atomic mass is 35.5. The fourth-order valence-corrected chi connectivity index (χ4v) is 3.21. The van der Waals surface area contributed by atoms with Gasteiger partial charge in [0, 0.05) is 18.7 Å². The van der Waals surface area contributed by atoms with Crippen molar-refractivity contribution in [3.05, 3.63) is 33.3 Å². The van der Waals surface area contributed by atoms with Crippen molar-refractivity contribution in [2.24, 2.45) is 0 Å². The fourth-order valence-electron chi connectivity index (χ4n) is 1.49. The summed E-state index contributed by atoms with van der Waals surface area (Å²) in [6.07, 6.45) is 0. The second-order valence-electron chi connectivity index (χ2n) is 4.11. The van der Waals surface area contributed by atoms with Crippen molar-refractivity contribution < 1.29 is 18.1 Å². The van der Waals surface area contributed by atoms with E-state index in [9.17, 15) is 23.3 Å². The summed E-state index contributed by atoms with van der Waals surface area (Å²) >= 11 is 5.77. The molecule has 0 fully saturated rings. The SMILES string of the molecule is CCNC(=O)[C@@H](C)NS(=O)(=O)c1cc([N+](=O)[O-])ccc1Cl. The number of nitro groups is 1. The molecule has 1 atom stereocenters. The number of likely N-dealkylation sites (N-methyl/N-ethyl adjacent to an activating group) is 1. The van der Waals surface area contributed by atoms with Crippen LogP contribution in [0.15, 0.2) is 23.1 Å².